The molecule has 0 aliphatic heterocycles. The van der Waals surface area contributed by atoms with Crippen molar-refractivity contribution in [1.82, 2.24) is 0 Å². The van der Waals surface area contributed by atoms with Gasteiger partial charge in [-0.05, 0) is 48.9 Å². The lowest BCUT2D eigenvalue weighted by molar-refractivity contribution is 0.104. The van der Waals surface area contributed by atoms with E-state index in [1.807, 2.05) is 6.92 Å². The van der Waals surface area contributed by atoms with E-state index in [9.17, 15) is 13.6 Å². The van der Waals surface area contributed by atoms with Crippen LogP contribution in [0.15, 0.2) is 36.4 Å². The smallest absolute Gasteiger partial charge is 0.185 e. The van der Waals surface area contributed by atoms with Crippen LogP contribution in [-0.4, -0.2) is 19.5 Å². The predicted octanol–water partition coefficient (Wildman–Crippen LogP) is 4.92. The molecule has 0 fully saturated rings. The van der Waals surface area contributed by atoms with E-state index in [1.165, 1.54) is 25.3 Å². The molecule has 0 spiro atoms. The van der Waals surface area contributed by atoms with Crippen molar-refractivity contribution in [2.75, 3.05) is 13.7 Å². The molecular weight excluding hydrogens is 338 g/mol. The third kappa shape index (κ3) is 4.11. The van der Waals surface area contributed by atoms with Crippen LogP contribution in [0.1, 0.15) is 22.8 Å². The van der Waals surface area contributed by atoms with Gasteiger partial charge in [-0.25, -0.2) is 8.78 Å². The summed E-state index contributed by atoms with van der Waals surface area (Å²) in [5.74, 6) is -1.67. The summed E-state index contributed by atoms with van der Waals surface area (Å²) in [6, 6.07) is 6.26. The van der Waals surface area contributed by atoms with Crippen LogP contribution in [0.3, 0.4) is 0 Å². The molecule has 3 nitrogen and oxygen atoms in total. The third-order valence-corrected chi connectivity index (χ3v) is 3.45. The number of benzene rings is 2. The van der Waals surface area contributed by atoms with Crippen molar-refractivity contribution in [2.24, 2.45) is 0 Å². The fourth-order valence-corrected chi connectivity index (χ4v) is 2.31. The second-order valence-electron chi connectivity index (χ2n) is 4.79. The zero-order valence-electron chi connectivity index (χ0n) is 13.1. The number of hydrogen-bond acceptors (Lipinski definition) is 3. The number of ketones is 1. The Morgan fingerprint density at radius 3 is 2.58 bits per heavy atom. The van der Waals surface area contributed by atoms with Gasteiger partial charge in [0.1, 0.15) is 0 Å². The van der Waals surface area contributed by atoms with Crippen molar-refractivity contribution < 1.29 is 23.0 Å². The summed E-state index contributed by atoms with van der Waals surface area (Å²) in [7, 11) is 1.48. The Labute approximate surface area is 143 Å². The van der Waals surface area contributed by atoms with Crippen molar-refractivity contribution in [2.45, 2.75) is 6.92 Å². The molecule has 24 heavy (non-hydrogen) atoms. The maximum atomic E-state index is 13.2. The highest BCUT2D eigenvalue weighted by Crippen LogP contribution is 2.36. The van der Waals surface area contributed by atoms with E-state index in [4.69, 9.17) is 21.1 Å². The minimum Gasteiger partial charge on any atom is -0.493 e. The highest BCUT2D eigenvalue weighted by atomic mass is 35.5. The number of rotatable bonds is 6. The van der Waals surface area contributed by atoms with Gasteiger partial charge in [0.25, 0.3) is 0 Å². The predicted molar refractivity (Wildman–Crippen MR) is 88.9 cm³/mol. The van der Waals surface area contributed by atoms with Crippen molar-refractivity contribution in [3.63, 3.8) is 0 Å². The minimum absolute atomic E-state index is 0.0501. The SMILES string of the molecule is CCOc1c(Cl)cc(C=CC(=O)c2ccc(F)c(F)c2)cc1OC. The van der Waals surface area contributed by atoms with Crippen molar-refractivity contribution in [3.8, 4) is 11.5 Å². The third-order valence-electron chi connectivity index (χ3n) is 3.17. The van der Waals surface area contributed by atoms with Gasteiger partial charge in [0, 0.05) is 5.56 Å². The van der Waals surface area contributed by atoms with Crippen LogP contribution < -0.4 is 9.47 Å². The van der Waals surface area contributed by atoms with Crippen LogP contribution >= 0.6 is 11.6 Å². The van der Waals surface area contributed by atoms with Crippen LogP contribution in [-0.2, 0) is 0 Å². The molecule has 0 N–H and O–H groups in total. The zero-order chi connectivity index (χ0) is 17.7. The summed E-state index contributed by atoms with van der Waals surface area (Å²) in [4.78, 5) is 12.0. The molecule has 2 rings (SSSR count). The van der Waals surface area contributed by atoms with Gasteiger partial charge in [0.2, 0.25) is 0 Å². The molecule has 0 bridgehead atoms. The lowest BCUT2D eigenvalue weighted by Crippen LogP contribution is -1.98. The lowest BCUT2D eigenvalue weighted by atomic mass is 10.1. The average Bonchev–Trinajstić information content (AvgIpc) is 2.57. The summed E-state index contributed by atoms with van der Waals surface area (Å²) >= 11 is 6.15. The number of ether oxygens (including phenoxy) is 2. The Morgan fingerprint density at radius 1 is 1.21 bits per heavy atom. The first kappa shape index (κ1) is 17.9. The Morgan fingerprint density at radius 2 is 1.96 bits per heavy atom. The van der Waals surface area contributed by atoms with Gasteiger partial charge < -0.3 is 9.47 Å². The van der Waals surface area contributed by atoms with Gasteiger partial charge in [-0.1, -0.05) is 17.7 Å². The molecule has 0 unspecified atom stereocenters. The highest BCUT2D eigenvalue weighted by Gasteiger charge is 2.11. The maximum absolute atomic E-state index is 13.2. The van der Waals surface area contributed by atoms with E-state index in [1.54, 1.807) is 12.1 Å². The van der Waals surface area contributed by atoms with E-state index < -0.39 is 17.4 Å². The molecule has 0 saturated carbocycles. The van der Waals surface area contributed by atoms with Crippen LogP contribution in [0, 0.1) is 11.6 Å². The molecule has 0 saturated heterocycles. The number of carbonyl (C=O) groups excluding carboxylic acids is 1. The van der Waals surface area contributed by atoms with Gasteiger partial charge >= 0.3 is 0 Å². The Hall–Kier alpha value is -2.40. The fourth-order valence-electron chi connectivity index (χ4n) is 2.04. The Balaban J connectivity index is 2.26. The molecule has 6 heteroatoms. The molecule has 0 radical (unpaired) electrons. The monoisotopic (exact) mass is 352 g/mol. The first-order chi connectivity index (χ1) is 11.5. The maximum Gasteiger partial charge on any atom is 0.185 e. The van der Waals surface area contributed by atoms with E-state index in [0.29, 0.717) is 28.7 Å². The van der Waals surface area contributed by atoms with Gasteiger partial charge in [-0.3, -0.25) is 4.79 Å². The molecule has 0 aliphatic carbocycles. The van der Waals surface area contributed by atoms with E-state index in [-0.39, 0.29) is 5.56 Å². The molecular formula is C18H15ClF2O3. The van der Waals surface area contributed by atoms with Gasteiger partial charge in [0.05, 0.1) is 18.7 Å². The molecule has 0 aromatic heterocycles. The number of carbonyl (C=O) groups is 1. The summed E-state index contributed by atoms with van der Waals surface area (Å²) < 4.78 is 36.7. The molecule has 0 aliphatic rings. The van der Waals surface area contributed by atoms with Gasteiger partial charge in [-0.2, -0.15) is 0 Å². The number of allylic oxidation sites excluding steroid dienone is 1. The fraction of sp³-hybridized carbons (Fsp3) is 0.167. The first-order valence-corrected chi connectivity index (χ1v) is 7.51. The quantitative estimate of drug-likeness (QED) is 0.546. The van der Waals surface area contributed by atoms with Crippen molar-refractivity contribution in [1.29, 1.82) is 0 Å². The normalized spacial score (nSPS) is 10.9. The molecule has 2 aromatic carbocycles. The summed E-state index contributed by atoms with van der Waals surface area (Å²) in [6.07, 6.45) is 2.76. The zero-order valence-corrected chi connectivity index (χ0v) is 13.9. The van der Waals surface area contributed by atoms with Gasteiger partial charge in [-0.15, -0.1) is 0 Å². The average molecular weight is 353 g/mol. The van der Waals surface area contributed by atoms with Crippen molar-refractivity contribution >= 4 is 23.5 Å². The first-order valence-electron chi connectivity index (χ1n) is 7.14. The summed E-state index contributed by atoms with van der Waals surface area (Å²) in [5, 5.41) is 0.344. The number of halogens is 3. The number of methoxy groups -OCH3 is 1. The molecule has 0 heterocycles. The highest BCUT2D eigenvalue weighted by molar-refractivity contribution is 6.32. The van der Waals surface area contributed by atoms with Crippen LogP contribution in [0.25, 0.3) is 6.08 Å². The second kappa shape index (κ2) is 7.93. The van der Waals surface area contributed by atoms with Crippen LogP contribution in [0.4, 0.5) is 8.78 Å². The van der Waals surface area contributed by atoms with Crippen LogP contribution in [0.2, 0.25) is 5.02 Å². The Kier molecular flexibility index (Phi) is 5.93. The molecule has 0 amide bonds. The van der Waals surface area contributed by atoms with Crippen molar-refractivity contribution in [3.05, 3.63) is 64.2 Å². The topological polar surface area (TPSA) is 35.5 Å². The molecule has 126 valence electrons. The van der Waals surface area contributed by atoms with Gasteiger partial charge in [0.15, 0.2) is 28.9 Å². The van der Waals surface area contributed by atoms with E-state index in [2.05, 4.69) is 0 Å². The molecule has 0 atom stereocenters. The van der Waals surface area contributed by atoms with Crippen LogP contribution in [0.5, 0.6) is 11.5 Å². The standard InChI is InChI=1S/C18H15ClF2O3/c1-3-24-18-13(19)8-11(9-17(18)23-2)4-7-16(22)12-5-6-14(20)15(21)10-12/h4-10H,3H2,1-2H3. The minimum atomic E-state index is -1.07. The van der Waals surface area contributed by atoms with E-state index >= 15 is 0 Å². The molecule has 2 aromatic rings. The number of hydrogen-bond donors (Lipinski definition) is 0. The van der Waals surface area contributed by atoms with E-state index in [0.717, 1.165) is 12.1 Å². The lowest BCUT2D eigenvalue weighted by Gasteiger charge is -2.11. The summed E-state index contributed by atoms with van der Waals surface area (Å²) in [6.45, 7) is 2.25. The Bertz CT molecular complexity index is 788. The summed E-state index contributed by atoms with van der Waals surface area (Å²) in [5.41, 5.74) is 0.658. The second-order valence-corrected chi connectivity index (χ2v) is 5.20. The largest absolute Gasteiger partial charge is 0.493 e.